The lowest BCUT2D eigenvalue weighted by atomic mass is 10.3. The first-order chi connectivity index (χ1) is 5.54. The van der Waals surface area contributed by atoms with Crippen molar-refractivity contribution in [1.82, 2.24) is 0 Å². The molecule has 66 valence electrons. The molecule has 0 fully saturated rings. The van der Waals surface area contributed by atoms with Gasteiger partial charge in [-0.25, -0.2) is 0 Å². The maximum atomic E-state index is 10.6. The molecule has 0 amide bonds. The van der Waals surface area contributed by atoms with Crippen LogP contribution in [0.15, 0.2) is 29.2 Å². The average Bonchev–Trinajstić information content (AvgIpc) is 2.03. The first-order valence-corrected chi connectivity index (χ1v) is 4.59. The van der Waals surface area contributed by atoms with E-state index in [-0.39, 0.29) is 4.90 Å². The van der Waals surface area contributed by atoms with E-state index in [1.54, 1.807) is 6.07 Å². The van der Waals surface area contributed by atoms with Crippen molar-refractivity contribution in [2.45, 2.75) is 4.90 Å². The Morgan fingerprint density at radius 1 is 1.42 bits per heavy atom. The maximum absolute atomic E-state index is 10.6. The second-order valence-electron chi connectivity index (χ2n) is 2.15. The first kappa shape index (κ1) is 9.02. The monoisotopic (exact) mass is 188 g/mol. The average molecular weight is 188 g/mol. The molecule has 0 spiro atoms. The zero-order valence-corrected chi connectivity index (χ0v) is 7.21. The van der Waals surface area contributed by atoms with Gasteiger partial charge in [0.05, 0.1) is 12.0 Å². The van der Waals surface area contributed by atoms with Crippen molar-refractivity contribution in [3.8, 4) is 5.75 Å². The summed E-state index contributed by atoms with van der Waals surface area (Å²) in [5.74, 6) is 0.394. The molecule has 0 radical (unpaired) electrons. The Bertz CT molecular complexity index is 369. The summed E-state index contributed by atoms with van der Waals surface area (Å²) in [4.78, 5) is -0.165. The topological polar surface area (TPSA) is 63.6 Å². The number of hydrogen-bond acceptors (Lipinski definition) is 3. The fourth-order valence-corrected chi connectivity index (χ4v) is 1.28. The third-order valence-electron chi connectivity index (χ3n) is 1.34. The third kappa shape index (κ3) is 1.96. The Hall–Kier alpha value is -1.07. The summed E-state index contributed by atoms with van der Waals surface area (Å²) in [6.07, 6.45) is 0. The van der Waals surface area contributed by atoms with E-state index in [1.807, 2.05) is 0 Å². The Morgan fingerprint density at radius 3 is 2.58 bits per heavy atom. The Morgan fingerprint density at radius 2 is 2.08 bits per heavy atom. The van der Waals surface area contributed by atoms with Crippen LogP contribution < -0.4 is 4.74 Å². The van der Waals surface area contributed by atoms with Gasteiger partial charge in [0.25, 0.3) is 10.1 Å². The molecule has 0 aliphatic carbocycles. The Kier molecular flexibility index (Phi) is 2.35. The van der Waals surface area contributed by atoms with Crippen molar-refractivity contribution >= 4 is 10.1 Å². The second-order valence-corrected chi connectivity index (χ2v) is 3.58. The van der Waals surface area contributed by atoms with Gasteiger partial charge in [0, 0.05) is 6.07 Å². The standard InChI is InChI=1S/C7H8O4S/c1-11-6-3-2-4-7(5-6)12(8,9)10/h2-5H,1H3,(H,8,9,10). The van der Waals surface area contributed by atoms with Gasteiger partial charge in [-0.1, -0.05) is 6.07 Å². The molecule has 0 bridgehead atoms. The summed E-state index contributed by atoms with van der Waals surface area (Å²) >= 11 is 0. The van der Waals surface area contributed by atoms with Crippen LogP contribution in [0.25, 0.3) is 0 Å². The van der Waals surface area contributed by atoms with Crippen LogP contribution >= 0.6 is 0 Å². The molecule has 0 atom stereocenters. The molecule has 1 N–H and O–H groups in total. The molecule has 5 heteroatoms. The number of benzene rings is 1. The molecule has 4 nitrogen and oxygen atoms in total. The van der Waals surface area contributed by atoms with Crippen molar-refractivity contribution in [3.05, 3.63) is 24.3 Å². The molecule has 0 aliphatic heterocycles. The lowest BCUT2D eigenvalue weighted by Crippen LogP contribution is -1.97. The highest BCUT2D eigenvalue weighted by molar-refractivity contribution is 7.85. The van der Waals surface area contributed by atoms with E-state index in [4.69, 9.17) is 9.29 Å². The fourth-order valence-electron chi connectivity index (χ4n) is 0.762. The van der Waals surface area contributed by atoms with E-state index in [9.17, 15) is 8.42 Å². The predicted octanol–water partition coefficient (Wildman–Crippen LogP) is 0.942. The Labute approximate surface area is 70.5 Å². The van der Waals surface area contributed by atoms with Crippen LogP contribution in [0.2, 0.25) is 0 Å². The molecule has 0 aromatic heterocycles. The van der Waals surface area contributed by atoms with Crippen LogP contribution in [0.3, 0.4) is 0 Å². The SMILES string of the molecule is COc1cccc(S(=O)(=O)O)c1. The normalized spacial score (nSPS) is 11.2. The van der Waals surface area contributed by atoms with Gasteiger partial charge < -0.3 is 4.74 Å². The molecule has 1 rings (SSSR count). The fraction of sp³-hybridized carbons (Fsp3) is 0.143. The van der Waals surface area contributed by atoms with E-state index in [0.29, 0.717) is 5.75 Å². The van der Waals surface area contributed by atoms with Crippen molar-refractivity contribution in [1.29, 1.82) is 0 Å². The molecule has 12 heavy (non-hydrogen) atoms. The van der Waals surface area contributed by atoms with Gasteiger partial charge in [-0.05, 0) is 12.1 Å². The molecule has 0 heterocycles. The highest BCUT2D eigenvalue weighted by Gasteiger charge is 2.08. The lowest BCUT2D eigenvalue weighted by molar-refractivity contribution is 0.412. The quantitative estimate of drug-likeness (QED) is 0.701. The van der Waals surface area contributed by atoms with Crippen molar-refractivity contribution < 1.29 is 17.7 Å². The van der Waals surface area contributed by atoms with E-state index in [2.05, 4.69) is 0 Å². The summed E-state index contributed by atoms with van der Waals surface area (Å²) in [5, 5.41) is 0. The van der Waals surface area contributed by atoms with E-state index in [1.165, 1.54) is 25.3 Å². The lowest BCUT2D eigenvalue weighted by Gasteiger charge is -2.00. The van der Waals surface area contributed by atoms with Crippen molar-refractivity contribution in [2.75, 3.05) is 7.11 Å². The summed E-state index contributed by atoms with van der Waals surface area (Å²) in [5.41, 5.74) is 0. The van der Waals surface area contributed by atoms with Gasteiger partial charge in [0.15, 0.2) is 0 Å². The minimum absolute atomic E-state index is 0.165. The number of ether oxygens (including phenoxy) is 1. The van der Waals surface area contributed by atoms with Crippen molar-refractivity contribution in [3.63, 3.8) is 0 Å². The van der Waals surface area contributed by atoms with Gasteiger partial charge in [0.1, 0.15) is 5.75 Å². The van der Waals surface area contributed by atoms with Crippen LogP contribution in [-0.4, -0.2) is 20.1 Å². The Balaban J connectivity index is 3.20. The minimum atomic E-state index is -4.12. The molecular weight excluding hydrogens is 180 g/mol. The van der Waals surface area contributed by atoms with Crippen LogP contribution in [0.5, 0.6) is 5.75 Å². The van der Waals surface area contributed by atoms with Crippen LogP contribution in [-0.2, 0) is 10.1 Å². The van der Waals surface area contributed by atoms with Gasteiger partial charge in [-0.3, -0.25) is 4.55 Å². The first-order valence-electron chi connectivity index (χ1n) is 3.15. The predicted molar refractivity (Wildman–Crippen MR) is 42.8 cm³/mol. The second kappa shape index (κ2) is 3.12. The smallest absolute Gasteiger partial charge is 0.294 e. The van der Waals surface area contributed by atoms with E-state index in [0.717, 1.165) is 0 Å². The van der Waals surface area contributed by atoms with Crippen LogP contribution in [0, 0.1) is 0 Å². The van der Waals surface area contributed by atoms with Gasteiger partial charge in [-0.2, -0.15) is 8.42 Å². The van der Waals surface area contributed by atoms with Gasteiger partial charge in [0.2, 0.25) is 0 Å². The number of methoxy groups -OCH3 is 1. The molecule has 1 aromatic rings. The van der Waals surface area contributed by atoms with Crippen LogP contribution in [0.4, 0.5) is 0 Å². The summed E-state index contributed by atoms with van der Waals surface area (Å²) < 4.78 is 34.6. The van der Waals surface area contributed by atoms with Crippen LogP contribution in [0.1, 0.15) is 0 Å². The highest BCUT2D eigenvalue weighted by atomic mass is 32.2. The molecule has 0 unspecified atom stereocenters. The zero-order valence-electron chi connectivity index (χ0n) is 6.39. The van der Waals surface area contributed by atoms with E-state index >= 15 is 0 Å². The zero-order chi connectivity index (χ0) is 9.19. The molecule has 0 saturated carbocycles. The van der Waals surface area contributed by atoms with Gasteiger partial charge in [-0.15, -0.1) is 0 Å². The molecule has 0 saturated heterocycles. The summed E-state index contributed by atoms with van der Waals surface area (Å²) in [6.45, 7) is 0. The summed E-state index contributed by atoms with van der Waals surface area (Å²) in [7, 11) is -2.70. The maximum Gasteiger partial charge on any atom is 0.294 e. The number of rotatable bonds is 2. The molecule has 1 aromatic carbocycles. The third-order valence-corrected chi connectivity index (χ3v) is 2.19. The van der Waals surface area contributed by atoms with Gasteiger partial charge >= 0.3 is 0 Å². The minimum Gasteiger partial charge on any atom is -0.497 e. The highest BCUT2D eigenvalue weighted by Crippen LogP contribution is 2.16. The largest absolute Gasteiger partial charge is 0.497 e. The number of hydrogen-bond donors (Lipinski definition) is 1. The molecule has 0 aliphatic rings. The van der Waals surface area contributed by atoms with E-state index < -0.39 is 10.1 Å². The summed E-state index contributed by atoms with van der Waals surface area (Å²) in [6, 6.07) is 5.61. The molecular formula is C7H8O4S. The van der Waals surface area contributed by atoms with Crippen molar-refractivity contribution in [2.24, 2.45) is 0 Å².